The molecule has 0 radical (unpaired) electrons. The van der Waals surface area contributed by atoms with E-state index in [-0.39, 0.29) is 12.4 Å². The molecule has 2 aliphatic rings. The number of benzene rings is 2. The van der Waals surface area contributed by atoms with Crippen LogP contribution < -0.4 is 9.64 Å². The lowest BCUT2D eigenvalue weighted by molar-refractivity contribution is 0.144. The van der Waals surface area contributed by atoms with Crippen LogP contribution in [-0.4, -0.2) is 60.3 Å². The topological polar surface area (TPSA) is 76.4 Å². The largest absolute Gasteiger partial charge is 0.488 e. The van der Waals surface area contributed by atoms with Gasteiger partial charge in [0.05, 0.1) is 12.1 Å². The highest BCUT2D eigenvalue weighted by Crippen LogP contribution is 2.47. The van der Waals surface area contributed by atoms with Crippen molar-refractivity contribution in [2.45, 2.75) is 6.92 Å². The number of nitrogens with zero attached hydrogens (tertiary/aromatic N) is 3. The van der Waals surface area contributed by atoms with Crippen molar-refractivity contribution in [1.82, 2.24) is 15.4 Å². The number of thioether (sulfide) groups is 1. The first kappa shape index (κ1) is 22.4. The summed E-state index contributed by atoms with van der Waals surface area (Å²) >= 11 is 2.08. The number of rotatable bonds is 7. The predicted molar refractivity (Wildman–Crippen MR) is 135 cm³/mol. The van der Waals surface area contributed by atoms with Crippen LogP contribution in [0.1, 0.15) is 6.92 Å². The van der Waals surface area contributed by atoms with Crippen LogP contribution >= 0.6 is 11.8 Å². The summed E-state index contributed by atoms with van der Waals surface area (Å²) in [6.45, 7) is 5.30. The Morgan fingerprint density at radius 2 is 2.09 bits per heavy atom. The van der Waals surface area contributed by atoms with Crippen LogP contribution in [0.5, 0.6) is 5.75 Å². The highest BCUT2D eigenvalue weighted by Gasteiger charge is 2.46. The van der Waals surface area contributed by atoms with Crippen molar-refractivity contribution in [3.05, 3.63) is 48.3 Å². The maximum absolute atomic E-state index is 14.6. The van der Waals surface area contributed by atoms with E-state index in [2.05, 4.69) is 63.2 Å². The van der Waals surface area contributed by atoms with Gasteiger partial charge in [-0.15, -0.1) is 0 Å². The third-order valence-electron chi connectivity index (χ3n) is 7.16. The van der Waals surface area contributed by atoms with Crippen LogP contribution in [0, 0.1) is 17.2 Å². The van der Waals surface area contributed by atoms with E-state index in [0.29, 0.717) is 40.1 Å². The second-order valence-electron chi connectivity index (χ2n) is 9.61. The third kappa shape index (κ3) is 4.06. The normalized spacial score (nSPS) is 21.7. The number of methoxy groups -OCH3 is 1. The van der Waals surface area contributed by atoms with Gasteiger partial charge >= 0.3 is 0 Å². The molecule has 0 saturated carbocycles. The molecule has 2 fully saturated rings. The summed E-state index contributed by atoms with van der Waals surface area (Å²) in [5, 5.41) is 12.1. The molecule has 0 unspecified atom stereocenters. The third-order valence-corrected chi connectivity index (χ3v) is 8.66. The number of ether oxygens (including phenoxy) is 2. The first-order valence-corrected chi connectivity index (χ1v) is 12.9. The Morgan fingerprint density at radius 3 is 2.89 bits per heavy atom. The summed E-state index contributed by atoms with van der Waals surface area (Å²) in [6, 6.07) is 13.3. The number of nitrogens with one attached hydrogen (secondary N) is 1. The number of hydrogen-bond acceptors (Lipinski definition) is 7. The molecule has 0 spiro atoms. The van der Waals surface area contributed by atoms with Gasteiger partial charge < -0.3 is 18.9 Å². The van der Waals surface area contributed by atoms with Crippen molar-refractivity contribution in [2.24, 2.45) is 11.3 Å². The second-order valence-corrected chi connectivity index (χ2v) is 10.6. The molecule has 2 aliphatic heterocycles. The average molecular weight is 495 g/mol. The molecule has 7 nitrogen and oxygen atoms in total. The quantitative estimate of drug-likeness (QED) is 0.352. The van der Waals surface area contributed by atoms with Crippen molar-refractivity contribution < 1.29 is 18.4 Å². The molecule has 1 N–H and O–H groups in total. The molecule has 35 heavy (non-hydrogen) atoms. The summed E-state index contributed by atoms with van der Waals surface area (Å²) in [5.74, 6) is 3.44. The zero-order valence-electron chi connectivity index (χ0n) is 19.7. The van der Waals surface area contributed by atoms with Gasteiger partial charge in [-0.1, -0.05) is 24.2 Å². The Bertz CT molecular complexity index is 1350. The first-order valence-electron chi connectivity index (χ1n) is 11.7. The molecule has 182 valence electrons. The summed E-state index contributed by atoms with van der Waals surface area (Å²) in [6.07, 6.45) is 0. The highest BCUT2D eigenvalue weighted by atomic mass is 32.2. The van der Waals surface area contributed by atoms with E-state index in [1.165, 1.54) is 23.3 Å². The lowest BCUT2D eigenvalue weighted by Crippen LogP contribution is -2.26. The van der Waals surface area contributed by atoms with Crippen LogP contribution in [0.4, 0.5) is 10.1 Å². The number of halogens is 1. The number of hydrogen-bond donors (Lipinski definition) is 1. The van der Waals surface area contributed by atoms with E-state index >= 15 is 0 Å². The van der Waals surface area contributed by atoms with Crippen LogP contribution in [0.2, 0.25) is 0 Å². The zero-order valence-corrected chi connectivity index (χ0v) is 20.5. The average Bonchev–Trinajstić information content (AvgIpc) is 3.62. The minimum Gasteiger partial charge on any atom is -0.488 e. The summed E-state index contributed by atoms with van der Waals surface area (Å²) in [7, 11) is 1.57. The predicted octanol–water partition coefficient (Wildman–Crippen LogP) is 5.24. The fourth-order valence-corrected chi connectivity index (χ4v) is 6.79. The fraction of sp³-hybridized carbons (Fsp3) is 0.385. The van der Waals surface area contributed by atoms with Crippen molar-refractivity contribution in [2.75, 3.05) is 49.8 Å². The molecule has 0 amide bonds. The van der Waals surface area contributed by atoms with Crippen molar-refractivity contribution in [3.63, 3.8) is 0 Å². The van der Waals surface area contributed by atoms with E-state index in [1.807, 2.05) is 6.07 Å². The molecule has 2 aromatic carbocycles. The van der Waals surface area contributed by atoms with Crippen molar-refractivity contribution in [1.29, 1.82) is 0 Å². The van der Waals surface area contributed by atoms with Gasteiger partial charge in [-0.25, -0.2) is 4.39 Å². The van der Waals surface area contributed by atoms with Crippen LogP contribution in [0.15, 0.2) is 47.0 Å². The molecule has 0 aliphatic carbocycles. The Hall–Kier alpha value is -3.04. The number of fused-ring (bicyclic) bond motifs is 2. The van der Waals surface area contributed by atoms with Crippen molar-refractivity contribution in [3.8, 4) is 28.5 Å². The van der Waals surface area contributed by atoms with Gasteiger partial charge in [-0.05, 0) is 35.3 Å². The van der Waals surface area contributed by atoms with Gasteiger partial charge in [0, 0.05) is 54.7 Å². The molecular weight excluding hydrogens is 467 g/mol. The van der Waals surface area contributed by atoms with Gasteiger partial charge in [-0.3, -0.25) is 5.10 Å². The minimum atomic E-state index is -0.468. The van der Waals surface area contributed by atoms with Crippen LogP contribution in [0.3, 0.4) is 0 Å². The summed E-state index contributed by atoms with van der Waals surface area (Å²) < 4.78 is 30.6. The zero-order chi connectivity index (χ0) is 24.0. The lowest BCUT2D eigenvalue weighted by atomic mass is 9.84. The maximum atomic E-state index is 14.6. The minimum absolute atomic E-state index is 0.150. The molecular formula is C26H27FN4O3S. The molecule has 2 saturated heterocycles. The van der Waals surface area contributed by atoms with Gasteiger partial charge in [0.15, 0.2) is 17.3 Å². The van der Waals surface area contributed by atoms with Crippen LogP contribution in [-0.2, 0) is 4.74 Å². The van der Waals surface area contributed by atoms with E-state index < -0.39 is 5.82 Å². The van der Waals surface area contributed by atoms with E-state index in [1.54, 1.807) is 13.2 Å². The Balaban J connectivity index is 1.21. The van der Waals surface area contributed by atoms with Crippen LogP contribution in [0.25, 0.3) is 33.6 Å². The molecule has 2 atom stereocenters. The number of aromatic nitrogens is 3. The smallest absolute Gasteiger partial charge is 0.188 e. The monoisotopic (exact) mass is 494 g/mol. The Labute approximate surface area is 207 Å². The SMILES string of the molecule is COCCOc1cc2[nH]nc(-c3cc(-c4ccc(N5C[C@H]6CSC[C@@]6(C)C5)cc4)no3)c2cc1F. The van der Waals surface area contributed by atoms with Gasteiger partial charge in [0.1, 0.15) is 18.0 Å². The molecule has 6 rings (SSSR count). The standard InChI is InChI=1S/C26H27FN4O3S/c1-26-14-31(12-17(26)13-35-15-26)18-5-3-16(4-6-18)21-10-24(34-30-21)25-19-9-20(27)23(33-8-7-32-2)11-22(19)28-29-25/h3-6,9-11,17H,7-8,12-15H2,1-2H3,(H,28,29)/t17-,26+/m0/s1. The van der Waals surface area contributed by atoms with Gasteiger partial charge in [0.2, 0.25) is 0 Å². The molecule has 4 aromatic rings. The number of H-pyrrole nitrogens is 1. The fourth-order valence-electron chi connectivity index (χ4n) is 5.08. The Morgan fingerprint density at radius 1 is 1.23 bits per heavy atom. The Kier molecular flexibility index (Phi) is 5.69. The summed E-state index contributed by atoms with van der Waals surface area (Å²) in [4.78, 5) is 2.50. The second kappa shape index (κ2) is 8.87. The number of aromatic amines is 1. The first-order chi connectivity index (χ1) is 17.0. The van der Waals surface area contributed by atoms with Gasteiger partial charge in [-0.2, -0.15) is 16.9 Å². The molecule has 2 aromatic heterocycles. The lowest BCUT2D eigenvalue weighted by Gasteiger charge is -2.23. The molecule has 4 heterocycles. The van der Waals surface area contributed by atoms with E-state index in [9.17, 15) is 4.39 Å². The highest BCUT2D eigenvalue weighted by molar-refractivity contribution is 7.99. The molecule has 9 heteroatoms. The van der Waals surface area contributed by atoms with Gasteiger partial charge in [0.25, 0.3) is 0 Å². The van der Waals surface area contributed by atoms with E-state index in [4.69, 9.17) is 14.0 Å². The van der Waals surface area contributed by atoms with Crippen molar-refractivity contribution >= 4 is 28.4 Å². The molecule has 0 bridgehead atoms. The summed E-state index contributed by atoms with van der Waals surface area (Å²) in [5.41, 5.74) is 4.50. The maximum Gasteiger partial charge on any atom is 0.188 e. The van der Waals surface area contributed by atoms with E-state index in [0.717, 1.165) is 24.6 Å². The number of anilines is 1.